The SMILES string of the molecule is Cc1ccccc1C(C)NC(=O)NCCC(=O)O. The molecule has 18 heavy (non-hydrogen) atoms. The van der Waals surface area contributed by atoms with E-state index in [0.717, 1.165) is 11.1 Å². The molecule has 0 aliphatic carbocycles. The number of carbonyl (C=O) groups is 2. The average Bonchev–Trinajstić information content (AvgIpc) is 2.28. The third-order valence-electron chi connectivity index (χ3n) is 2.63. The fourth-order valence-corrected chi connectivity index (χ4v) is 1.68. The van der Waals surface area contributed by atoms with Gasteiger partial charge in [-0.15, -0.1) is 0 Å². The van der Waals surface area contributed by atoms with E-state index in [4.69, 9.17) is 5.11 Å². The first-order chi connectivity index (χ1) is 8.50. The quantitative estimate of drug-likeness (QED) is 0.746. The van der Waals surface area contributed by atoms with E-state index in [-0.39, 0.29) is 25.0 Å². The van der Waals surface area contributed by atoms with Crippen molar-refractivity contribution < 1.29 is 14.7 Å². The van der Waals surface area contributed by atoms with E-state index < -0.39 is 5.97 Å². The van der Waals surface area contributed by atoms with Gasteiger partial charge in [0.1, 0.15) is 0 Å². The van der Waals surface area contributed by atoms with Gasteiger partial charge >= 0.3 is 12.0 Å². The van der Waals surface area contributed by atoms with Gasteiger partial charge in [0, 0.05) is 6.54 Å². The fourth-order valence-electron chi connectivity index (χ4n) is 1.68. The summed E-state index contributed by atoms with van der Waals surface area (Å²) in [6.45, 7) is 4.00. The Labute approximate surface area is 106 Å². The Morgan fingerprint density at radius 2 is 2.00 bits per heavy atom. The molecule has 0 aliphatic heterocycles. The standard InChI is InChI=1S/C13H18N2O3/c1-9-5-3-4-6-11(9)10(2)15-13(18)14-8-7-12(16)17/h3-6,10H,7-8H2,1-2H3,(H,16,17)(H2,14,15,18). The summed E-state index contributed by atoms with van der Waals surface area (Å²) >= 11 is 0. The Morgan fingerprint density at radius 3 is 2.61 bits per heavy atom. The van der Waals surface area contributed by atoms with E-state index in [1.165, 1.54) is 0 Å². The molecule has 3 N–H and O–H groups in total. The summed E-state index contributed by atoms with van der Waals surface area (Å²) in [6, 6.07) is 7.33. The molecule has 1 aromatic rings. The predicted molar refractivity (Wildman–Crippen MR) is 68.4 cm³/mol. The highest BCUT2D eigenvalue weighted by Gasteiger charge is 2.10. The molecule has 0 heterocycles. The second kappa shape index (κ2) is 6.64. The molecule has 1 atom stereocenters. The summed E-state index contributed by atoms with van der Waals surface area (Å²) in [5.74, 6) is -0.928. The summed E-state index contributed by atoms with van der Waals surface area (Å²) in [7, 11) is 0. The van der Waals surface area contributed by atoms with Crippen LogP contribution in [0.25, 0.3) is 0 Å². The van der Waals surface area contributed by atoms with Crippen LogP contribution in [0.4, 0.5) is 4.79 Å². The maximum Gasteiger partial charge on any atom is 0.315 e. The molecule has 1 rings (SSSR count). The fraction of sp³-hybridized carbons (Fsp3) is 0.385. The van der Waals surface area contributed by atoms with Crippen molar-refractivity contribution in [3.63, 3.8) is 0 Å². The van der Waals surface area contributed by atoms with Crippen molar-refractivity contribution in [2.45, 2.75) is 26.3 Å². The van der Waals surface area contributed by atoms with Crippen molar-refractivity contribution in [2.75, 3.05) is 6.54 Å². The highest BCUT2D eigenvalue weighted by atomic mass is 16.4. The number of aliphatic carboxylic acids is 1. The molecule has 0 aromatic heterocycles. The second-order valence-electron chi connectivity index (χ2n) is 4.12. The first-order valence-corrected chi connectivity index (χ1v) is 5.82. The number of carboxylic acids is 1. The highest BCUT2D eigenvalue weighted by Crippen LogP contribution is 2.16. The van der Waals surface area contributed by atoms with Gasteiger partial charge in [-0.25, -0.2) is 4.79 Å². The van der Waals surface area contributed by atoms with Gasteiger partial charge in [-0.05, 0) is 25.0 Å². The molecule has 0 saturated carbocycles. The number of amides is 2. The van der Waals surface area contributed by atoms with Crippen LogP contribution in [0.2, 0.25) is 0 Å². The molecule has 0 radical (unpaired) electrons. The number of hydrogen-bond acceptors (Lipinski definition) is 2. The molecule has 0 spiro atoms. The minimum Gasteiger partial charge on any atom is -0.481 e. The Hall–Kier alpha value is -2.04. The Kier molecular flexibility index (Phi) is 5.17. The van der Waals surface area contributed by atoms with Gasteiger partial charge in [0.05, 0.1) is 12.5 Å². The molecule has 0 bridgehead atoms. The van der Waals surface area contributed by atoms with Crippen LogP contribution in [0, 0.1) is 6.92 Å². The van der Waals surface area contributed by atoms with E-state index in [1.54, 1.807) is 0 Å². The lowest BCUT2D eigenvalue weighted by Gasteiger charge is -2.16. The maximum atomic E-state index is 11.5. The second-order valence-corrected chi connectivity index (χ2v) is 4.12. The zero-order valence-electron chi connectivity index (χ0n) is 10.6. The van der Waals surface area contributed by atoms with Crippen LogP contribution in [0.15, 0.2) is 24.3 Å². The third-order valence-corrected chi connectivity index (χ3v) is 2.63. The normalized spacial score (nSPS) is 11.7. The maximum absolute atomic E-state index is 11.5. The minimum absolute atomic E-state index is 0.0772. The van der Waals surface area contributed by atoms with Gasteiger partial charge in [0.2, 0.25) is 0 Å². The molecule has 0 fully saturated rings. The van der Waals surface area contributed by atoms with E-state index in [1.807, 2.05) is 38.1 Å². The summed E-state index contributed by atoms with van der Waals surface area (Å²) in [5.41, 5.74) is 2.15. The zero-order valence-corrected chi connectivity index (χ0v) is 10.6. The van der Waals surface area contributed by atoms with Gasteiger partial charge in [-0.3, -0.25) is 4.79 Å². The van der Waals surface area contributed by atoms with Crippen molar-refractivity contribution in [3.05, 3.63) is 35.4 Å². The molecule has 0 aliphatic rings. The smallest absolute Gasteiger partial charge is 0.315 e. The lowest BCUT2D eigenvalue weighted by molar-refractivity contribution is -0.136. The number of carbonyl (C=O) groups excluding carboxylic acids is 1. The Balaban J connectivity index is 2.45. The predicted octanol–water partition coefficient (Wildman–Crippen LogP) is 1.83. The van der Waals surface area contributed by atoms with Crippen molar-refractivity contribution in [1.82, 2.24) is 10.6 Å². The van der Waals surface area contributed by atoms with Crippen LogP contribution < -0.4 is 10.6 Å². The summed E-state index contributed by atoms with van der Waals surface area (Å²) in [6.07, 6.45) is -0.0772. The molecule has 1 aromatic carbocycles. The van der Waals surface area contributed by atoms with Gasteiger partial charge in [0.25, 0.3) is 0 Å². The lowest BCUT2D eigenvalue weighted by Crippen LogP contribution is -2.38. The van der Waals surface area contributed by atoms with E-state index in [9.17, 15) is 9.59 Å². The van der Waals surface area contributed by atoms with E-state index in [2.05, 4.69) is 10.6 Å². The van der Waals surface area contributed by atoms with Crippen LogP contribution in [-0.2, 0) is 4.79 Å². The van der Waals surface area contributed by atoms with Gasteiger partial charge < -0.3 is 15.7 Å². The minimum atomic E-state index is -0.928. The van der Waals surface area contributed by atoms with Crippen LogP contribution in [0.3, 0.4) is 0 Å². The number of hydrogen-bond donors (Lipinski definition) is 3. The molecule has 5 nitrogen and oxygen atoms in total. The van der Waals surface area contributed by atoms with E-state index in [0.29, 0.717) is 0 Å². The number of aryl methyl sites for hydroxylation is 1. The molecule has 0 saturated heterocycles. The first kappa shape index (κ1) is 14.0. The van der Waals surface area contributed by atoms with Crippen LogP contribution in [0.5, 0.6) is 0 Å². The molecule has 2 amide bonds. The Morgan fingerprint density at radius 1 is 1.33 bits per heavy atom. The molecular formula is C13H18N2O3. The highest BCUT2D eigenvalue weighted by molar-refractivity contribution is 5.75. The summed E-state index contributed by atoms with van der Waals surface area (Å²) in [4.78, 5) is 21.8. The lowest BCUT2D eigenvalue weighted by atomic mass is 10.0. The molecule has 98 valence electrons. The van der Waals surface area contributed by atoms with Crippen LogP contribution >= 0.6 is 0 Å². The number of urea groups is 1. The number of benzene rings is 1. The topological polar surface area (TPSA) is 78.4 Å². The first-order valence-electron chi connectivity index (χ1n) is 5.82. The van der Waals surface area contributed by atoms with Gasteiger partial charge in [-0.1, -0.05) is 24.3 Å². The van der Waals surface area contributed by atoms with Gasteiger partial charge in [0.15, 0.2) is 0 Å². The van der Waals surface area contributed by atoms with Crippen molar-refractivity contribution in [1.29, 1.82) is 0 Å². The Bertz CT molecular complexity index is 432. The van der Waals surface area contributed by atoms with Crippen molar-refractivity contribution in [3.8, 4) is 0 Å². The number of nitrogens with one attached hydrogen (secondary N) is 2. The van der Waals surface area contributed by atoms with Crippen LogP contribution in [0.1, 0.15) is 30.5 Å². The number of carboxylic acid groups (broad SMARTS) is 1. The molecule has 1 unspecified atom stereocenters. The zero-order chi connectivity index (χ0) is 13.5. The van der Waals surface area contributed by atoms with Crippen LogP contribution in [-0.4, -0.2) is 23.7 Å². The molecule has 5 heteroatoms. The summed E-state index contributed by atoms with van der Waals surface area (Å²) < 4.78 is 0. The third kappa shape index (κ3) is 4.45. The largest absolute Gasteiger partial charge is 0.481 e. The monoisotopic (exact) mass is 250 g/mol. The number of rotatable bonds is 5. The van der Waals surface area contributed by atoms with Crippen molar-refractivity contribution >= 4 is 12.0 Å². The summed E-state index contributed by atoms with van der Waals surface area (Å²) in [5, 5.41) is 13.7. The molecular weight excluding hydrogens is 232 g/mol. The van der Waals surface area contributed by atoms with E-state index >= 15 is 0 Å². The average molecular weight is 250 g/mol. The van der Waals surface area contributed by atoms with Gasteiger partial charge in [-0.2, -0.15) is 0 Å². The van der Waals surface area contributed by atoms with Crippen molar-refractivity contribution in [2.24, 2.45) is 0 Å².